The van der Waals surface area contributed by atoms with Gasteiger partial charge >= 0.3 is 0 Å². The van der Waals surface area contributed by atoms with E-state index in [1.807, 2.05) is 41.3 Å². The number of hydrogen-bond acceptors (Lipinski definition) is 2. The Morgan fingerprint density at radius 1 is 1.00 bits per heavy atom. The molecule has 0 atom stereocenters. The van der Waals surface area contributed by atoms with Crippen LogP contribution in [-0.4, -0.2) is 6.61 Å². The molecule has 0 spiro atoms. The average Bonchev–Trinajstić information content (AvgIpc) is 2.62. The van der Waals surface area contributed by atoms with Crippen molar-refractivity contribution in [3.05, 3.63) is 72.9 Å². The highest BCUT2D eigenvalue weighted by molar-refractivity contribution is 5.66. The van der Waals surface area contributed by atoms with Crippen molar-refractivity contribution in [2.45, 2.75) is 32.1 Å². The zero-order valence-electron chi connectivity index (χ0n) is 14.0. The van der Waals surface area contributed by atoms with Crippen LogP contribution < -0.4 is 4.90 Å². The van der Waals surface area contributed by atoms with Gasteiger partial charge in [0.15, 0.2) is 5.88 Å². The van der Waals surface area contributed by atoms with Gasteiger partial charge < -0.3 is 4.74 Å². The van der Waals surface area contributed by atoms with Gasteiger partial charge in [-0.2, -0.15) is 0 Å². The number of anilines is 2. The lowest BCUT2D eigenvalue weighted by atomic mass is 9.90. The maximum atomic E-state index is 13.7. The zero-order valence-corrected chi connectivity index (χ0v) is 14.0. The van der Waals surface area contributed by atoms with Gasteiger partial charge in [-0.15, -0.1) is 0 Å². The highest BCUT2D eigenvalue weighted by Gasteiger charge is 2.18. The minimum absolute atomic E-state index is 0.270. The Bertz CT molecular complexity index is 665. The standard InChI is InChI=1S/C21H24FNO/c1-17(24-16-18-9-4-2-5-10-18)23(20-12-6-3-7-13-20)21-14-8-11-19(22)15-21/h3,6-8,11-15,18H,1-2,4-5,9-10,16H2. The van der Waals surface area contributed by atoms with Gasteiger partial charge in [-0.3, -0.25) is 4.90 Å². The normalized spacial score (nSPS) is 15.0. The van der Waals surface area contributed by atoms with Crippen LogP contribution in [0.25, 0.3) is 0 Å². The Kier molecular flexibility index (Phi) is 5.52. The summed E-state index contributed by atoms with van der Waals surface area (Å²) >= 11 is 0. The highest BCUT2D eigenvalue weighted by atomic mass is 19.1. The van der Waals surface area contributed by atoms with E-state index in [2.05, 4.69) is 6.58 Å². The highest BCUT2D eigenvalue weighted by Crippen LogP contribution is 2.31. The molecule has 3 heteroatoms. The molecule has 126 valence electrons. The van der Waals surface area contributed by atoms with Gasteiger partial charge in [0, 0.05) is 5.69 Å². The fraction of sp³-hybridized carbons (Fsp3) is 0.333. The van der Waals surface area contributed by atoms with Crippen LogP contribution in [0, 0.1) is 11.7 Å². The molecule has 0 radical (unpaired) electrons. The number of benzene rings is 2. The van der Waals surface area contributed by atoms with Gasteiger partial charge in [0.05, 0.1) is 12.3 Å². The molecule has 1 aliphatic rings. The maximum absolute atomic E-state index is 13.7. The summed E-state index contributed by atoms with van der Waals surface area (Å²) in [6, 6.07) is 16.3. The number of hydrogen-bond donors (Lipinski definition) is 0. The number of para-hydroxylation sites is 1. The molecule has 1 saturated carbocycles. The first-order chi connectivity index (χ1) is 11.7. The van der Waals surface area contributed by atoms with E-state index in [-0.39, 0.29) is 5.82 Å². The number of ether oxygens (including phenoxy) is 1. The van der Waals surface area contributed by atoms with E-state index in [1.54, 1.807) is 6.07 Å². The maximum Gasteiger partial charge on any atom is 0.191 e. The molecule has 0 aromatic heterocycles. The van der Waals surface area contributed by atoms with Crippen molar-refractivity contribution in [1.29, 1.82) is 0 Å². The first-order valence-corrected chi connectivity index (χ1v) is 8.66. The third kappa shape index (κ3) is 4.16. The van der Waals surface area contributed by atoms with Crippen LogP contribution in [0.5, 0.6) is 0 Å². The Labute approximate surface area is 143 Å². The summed E-state index contributed by atoms with van der Waals surface area (Å²) in [5.41, 5.74) is 1.63. The van der Waals surface area contributed by atoms with E-state index in [0.29, 0.717) is 18.4 Å². The molecule has 0 aliphatic heterocycles. The van der Waals surface area contributed by atoms with Crippen LogP contribution in [0.1, 0.15) is 32.1 Å². The molecule has 0 unspecified atom stereocenters. The van der Waals surface area contributed by atoms with Crippen LogP contribution >= 0.6 is 0 Å². The summed E-state index contributed by atoms with van der Waals surface area (Å²) < 4.78 is 19.7. The molecule has 3 rings (SSSR count). The molecule has 0 amide bonds. The minimum Gasteiger partial charge on any atom is -0.479 e. The Balaban J connectivity index is 1.77. The fourth-order valence-corrected chi connectivity index (χ4v) is 3.26. The SMILES string of the molecule is C=C(OCC1CCCCC1)N(c1ccccc1)c1cccc(F)c1. The largest absolute Gasteiger partial charge is 0.479 e. The minimum atomic E-state index is -0.270. The van der Waals surface area contributed by atoms with Crippen molar-refractivity contribution in [3.63, 3.8) is 0 Å². The first kappa shape index (κ1) is 16.6. The molecular formula is C21H24FNO. The molecule has 2 aromatic rings. The number of nitrogens with zero attached hydrogens (tertiary/aromatic N) is 1. The number of rotatable bonds is 6. The molecule has 0 N–H and O–H groups in total. The number of halogens is 1. The topological polar surface area (TPSA) is 12.5 Å². The summed E-state index contributed by atoms with van der Waals surface area (Å²) in [7, 11) is 0. The predicted octanol–water partition coefficient (Wildman–Crippen LogP) is 6.03. The molecule has 2 aromatic carbocycles. The van der Waals surface area contributed by atoms with Crippen LogP contribution in [0.4, 0.5) is 15.8 Å². The van der Waals surface area contributed by atoms with E-state index < -0.39 is 0 Å². The van der Waals surface area contributed by atoms with E-state index in [0.717, 1.165) is 11.4 Å². The van der Waals surface area contributed by atoms with Crippen molar-refractivity contribution >= 4 is 11.4 Å². The lowest BCUT2D eigenvalue weighted by molar-refractivity contribution is 0.141. The zero-order chi connectivity index (χ0) is 16.8. The molecule has 24 heavy (non-hydrogen) atoms. The lowest BCUT2D eigenvalue weighted by Gasteiger charge is -2.29. The van der Waals surface area contributed by atoms with Gasteiger partial charge in [-0.1, -0.05) is 43.5 Å². The van der Waals surface area contributed by atoms with E-state index >= 15 is 0 Å². The molecule has 2 nitrogen and oxygen atoms in total. The Morgan fingerprint density at radius 2 is 1.71 bits per heavy atom. The smallest absolute Gasteiger partial charge is 0.191 e. The van der Waals surface area contributed by atoms with Gasteiger partial charge in [0.2, 0.25) is 0 Å². The Morgan fingerprint density at radius 3 is 2.42 bits per heavy atom. The van der Waals surface area contributed by atoms with Crippen LogP contribution in [0.2, 0.25) is 0 Å². The van der Waals surface area contributed by atoms with Gasteiger partial charge in [0.1, 0.15) is 5.82 Å². The third-order valence-corrected chi connectivity index (χ3v) is 4.54. The molecule has 0 bridgehead atoms. The summed E-state index contributed by atoms with van der Waals surface area (Å²) in [5.74, 6) is 0.867. The van der Waals surface area contributed by atoms with Crippen molar-refractivity contribution in [2.75, 3.05) is 11.5 Å². The van der Waals surface area contributed by atoms with E-state index in [9.17, 15) is 4.39 Å². The van der Waals surface area contributed by atoms with Gasteiger partial charge in [0.25, 0.3) is 0 Å². The van der Waals surface area contributed by atoms with Crippen molar-refractivity contribution < 1.29 is 9.13 Å². The molecule has 0 saturated heterocycles. The molecule has 0 heterocycles. The van der Waals surface area contributed by atoms with E-state index in [1.165, 1.54) is 44.2 Å². The quantitative estimate of drug-likeness (QED) is 0.601. The second-order valence-corrected chi connectivity index (χ2v) is 6.36. The molecule has 1 aliphatic carbocycles. The predicted molar refractivity (Wildman–Crippen MR) is 96.6 cm³/mol. The van der Waals surface area contributed by atoms with Crippen molar-refractivity contribution in [1.82, 2.24) is 0 Å². The second-order valence-electron chi connectivity index (χ2n) is 6.36. The van der Waals surface area contributed by atoms with Crippen molar-refractivity contribution in [2.24, 2.45) is 5.92 Å². The monoisotopic (exact) mass is 325 g/mol. The van der Waals surface area contributed by atoms with Crippen molar-refractivity contribution in [3.8, 4) is 0 Å². The lowest BCUT2D eigenvalue weighted by Crippen LogP contribution is -2.21. The van der Waals surface area contributed by atoms with Gasteiger partial charge in [-0.05, 0) is 55.7 Å². The van der Waals surface area contributed by atoms with Crippen LogP contribution in [0.3, 0.4) is 0 Å². The summed E-state index contributed by atoms with van der Waals surface area (Å²) in [4.78, 5) is 1.87. The third-order valence-electron chi connectivity index (χ3n) is 4.54. The summed E-state index contributed by atoms with van der Waals surface area (Å²) in [6.07, 6.45) is 6.34. The summed E-state index contributed by atoms with van der Waals surface area (Å²) in [6.45, 7) is 4.78. The average molecular weight is 325 g/mol. The van der Waals surface area contributed by atoms with Gasteiger partial charge in [-0.25, -0.2) is 4.39 Å². The first-order valence-electron chi connectivity index (χ1n) is 8.66. The van der Waals surface area contributed by atoms with Crippen LogP contribution in [0.15, 0.2) is 67.1 Å². The Hall–Kier alpha value is -2.29. The summed E-state index contributed by atoms with van der Waals surface area (Å²) in [5, 5.41) is 0. The van der Waals surface area contributed by atoms with Crippen LogP contribution in [-0.2, 0) is 4.74 Å². The van der Waals surface area contributed by atoms with E-state index in [4.69, 9.17) is 4.74 Å². The second kappa shape index (κ2) is 8.00. The fourth-order valence-electron chi connectivity index (χ4n) is 3.26. The molecule has 1 fully saturated rings. The molecular weight excluding hydrogens is 301 g/mol.